The first-order valence-corrected chi connectivity index (χ1v) is 26.0. The number of thioether (sulfide) groups is 1. The van der Waals surface area contributed by atoms with Crippen molar-refractivity contribution >= 4 is 50.9 Å². The molecule has 57 heavy (non-hydrogen) atoms. The molecule has 13 nitrogen and oxygen atoms in total. The number of nitrogens with zero attached hydrogens (tertiary/aromatic N) is 6. The molecule has 0 bridgehead atoms. The maximum atomic E-state index is 11.3. The first kappa shape index (κ1) is 42.2. The maximum absolute atomic E-state index is 11.3. The van der Waals surface area contributed by atoms with Crippen LogP contribution in [0.2, 0.25) is 36.3 Å². The summed E-state index contributed by atoms with van der Waals surface area (Å²) in [5.41, 5.74) is 11.8. The van der Waals surface area contributed by atoms with Gasteiger partial charge in [0, 0.05) is 46.5 Å². The molecule has 3 aromatic heterocycles. The molecule has 0 saturated carbocycles. The van der Waals surface area contributed by atoms with Crippen LogP contribution in [-0.2, 0) is 19.3 Å². The molecule has 1 saturated heterocycles. The Balaban J connectivity index is 1.42. The number of rotatable bonds is 12. The first-order chi connectivity index (χ1) is 26.6. The van der Waals surface area contributed by atoms with Crippen molar-refractivity contribution in [3.8, 4) is 28.5 Å². The van der Waals surface area contributed by atoms with E-state index in [0.29, 0.717) is 39.7 Å². The largest absolute Gasteiger partial charge is 0.408 e. The number of nitrogen functional groups attached to an aromatic ring is 1. The zero-order valence-corrected chi connectivity index (χ0v) is 37.4. The Morgan fingerprint density at radius 3 is 2.12 bits per heavy atom. The van der Waals surface area contributed by atoms with Gasteiger partial charge in [0.05, 0.1) is 33.7 Å². The van der Waals surface area contributed by atoms with Gasteiger partial charge in [-0.25, -0.2) is 9.97 Å². The van der Waals surface area contributed by atoms with Crippen molar-refractivity contribution in [3.63, 3.8) is 0 Å². The zero-order chi connectivity index (χ0) is 41.7. The normalized spacial score (nSPS) is 19.3. The summed E-state index contributed by atoms with van der Waals surface area (Å²) in [5, 5.41) is 25.5. The topological polar surface area (TPSA) is 177 Å². The smallest absolute Gasteiger partial charge is 0.269 e. The summed E-state index contributed by atoms with van der Waals surface area (Å²) in [5.74, 6) is 2.05. The van der Waals surface area contributed by atoms with E-state index in [9.17, 15) is 15.4 Å². The van der Waals surface area contributed by atoms with E-state index >= 15 is 0 Å². The molecule has 0 spiro atoms. The van der Waals surface area contributed by atoms with Crippen LogP contribution < -0.4 is 5.73 Å². The highest BCUT2D eigenvalue weighted by Gasteiger charge is 2.54. The quantitative estimate of drug-likeness (QED) is 0.0716. The molecule has 0 unspecified atom stereocenters. The average molecular weight is 828 g/mol. The van der Waals surface area contributed by atoms with Crippen molar-refractivity contribution in [2.45, 2.75) is 115 Å². The predicted molar refractivity (Wildman–Crippen MR) is 230 cm³/mol. The van der Waals surface area contributed by atoms with E-state index < -0.39 is 40.0 Å². The van der Waals surface area contributed by atoms with E-state index in [2.05, 4.69) is 83.9 Å². The molecule has 1 aliphatic rings. The number of nitriles is 1. The molecule has 2 N–H and O–H groups in total. The van der Waals surface area contributed by atoms with Crippen molar-refractivity contribution in [2.24, 2.45) is 0 Å². The third kappa shape index (κ3) is 8.45. The van der Waals surface area contributed by atoms with E-state index in [-0.39, 0.29) is 21.9 Å². The van der Waals surface area contributed by atoms with Crippen molar-refractivity contribution < 1.29 is 23.0 Å². The molecule has 0 aliphatic carbocycles. The van der Waals surface area contributed by atoms with Crippen LogP contribution in [0.25, 0.3) is 33.5 Å². The van der Waals surface area contributed by atoms with Gasteiger partial charge in [0.2, 0.25) is 0 Å². The lowest BCUT2D eigenvalue weighted by molar-refractivity contribution is -0.384. The number of hydrogen-bond donors (Lipinski definition) is 1. The van der Waals surface area contributed by atoms with Crippen LogP contribution in [0.3, 0.4) is 0 Å². The molecule has 4 heterocycles. The third-order valence-corrected chi connectivity index (χ3v) is 21.9. The highest BCUT2D eigenvalue weighted by molar-refractivity contribution is 7.98. The minimum Gasteiger partial charge on any atom is -0.408 e. The Labute approximate surface area is 340 Å². The van der Waals surface area contributed by atoms with Crippen molar-refractivity contribution in [2.75, 3.05) is 11.5 Å². The maximum Gasteiger partial charge on any atom is 0.269 e. The second-order valence-corrected chi connectivity index (χ2v) is 28.3. The van der Waals surface area contributed by atoms with Crippen LogP contribution in [0.5, 0.6) is 0 Å². The highest BCUT2D eigenvalue weighted by atomic mass is 32.2. The van der Waals surface area contributed by atoms with Gasteiger partial charge < -0.3 is 28.4 Å². The van der Waals surface area contributed by atoms with Crippen LogP contribution in [0.15, 0.2) is 65.6 Å². The molecule has 16 heteroatoms. The fourth-order valence-electron chi connectivity index (χ4n) is 6.41. The number of hydrogen-bond acceptors (Lipinski definition) is 12. The lowest BCUT2D eigenvalue weighted by Gasteiger charge is -2.44. The first-order valence-electron chi connectivity index (χ1n) is 19.0. The summed E-state index contributed by atoms with van der Waals surface area (Å²) in [6.07, 6.45) is 1.54. The number of non-ortho nitro benzene ring substituents is 1. The Bertz CT molecular complexity index is 2290. The van der Waals surface area contributed by atoms with Crippen LogP contribution in [0, 0.1) is 28.4 Å². The predicted octanol–water partition coefficient (Wildman–Crippen LogP) is 10.0. The fraction of sp³-hybridized carbons (Fsp3) is 0.463. The lowest BCUT2D eigenvalue weighted by atomic mass is 10.0. The second kappa shape index (κ2) is 15.8. The number of nitrogens with two attached hydrogens (primary N) is 1. The number of ether oxygens (including phenoxy) is 1. The number of nitro benzene ring substituents is 1. The van der Waals surface area contributed by atoms with Gasteiger partial charge in [-0.2, -0.15) is 17.0 Å². The van der Waals surface area contributed by atoms with Gasteiger partial charge in [-0.05, 0) is 73.0 Å². The summed E-state index contributed by atoms with van der Waals surface area (Å²) in [6, 6.07) is 15.9. The lowest BCUT2D eigenvalue weighted by Crippen LogP contribution is -2.53. The SMILES string of the molecule is Cc1noc(-c2ccc([N+](=O)[O-])cc2)c1CSC[C@H]1O[C@@H](n2cc(-c3ccc(C#N)cc3)c3c(N)ncnc32)[C@H](O[Si](C)(C)C(C)(C)C)[C@@H]1O[Si](C)(C)C(C)(C)C. The van der Waals surface area contributed by atoms with Gasteiger partial charge in [-0.3, -0.25) is 10.1 Å². The molecule has 0 radical (unpaired) electrons. The summed E-state index contributed by atoms with van der Waals surface area (Å²) in [6.45, 7) is 24.3. The minimum atomic E-state index is -2.44. The number of aryl methyl sites for hydroxylation is 1. The Kier molecular flexibility index (Phi) is 11.7. The summed E-state index contributed by atoms with van der Waals surface area (Å²) >= 11 is 1.69. The van der Waals surface area contributed by atoms with Gasteiger partial charge in [-0.1, -0.05) is 58.8 Å². The number of fused-ring (bicyclic) bond motifs is 1. The molecule has 2 aromatic carbocycles. The monoisotopic (exact) mass is 827 g/mol. The number of nitro groups is 1. The summed E-state index contributed by atoms with van der Waals surface area (Å²) in [7, 11) is -4.84. The molecule has 0 amide bonds. The van der Waals surface area contributed by atoms with E-state index in [1.165, 1.54) is 18.5 Å². The van der Waals surface area contributed by atoms with Crippen LogP contribution in [0.1, 0.15) is 64.6 Å². The van der Waals surface area contributed by atoms with Crippen molar-refractivity contribution in [1.82, 2.24) is 19.7 Å². The number of benzene rings is 2. The summed E-state index contributed by atoms with van der Waals surface area (Å²) < 4.78 is 29.8. The molecule has 302 valence electrons. The number of anilines is 1. The highest BCUT2D eigenvalue weighted by Crippen LogP contribution is 2.48. The van der Waals surface area contributed by atoms with E-state index in [0.717, 1.165) is 27.9 Å². The average Bonchev–Trinajstić information content (AvgIpc) is 3.81. The molecular formula is C41H53N7O6SSi2. The molecular weight excluding hydrogens is 775 g/mol. The standard InChI is InChI=1S/C41H53N7O6SSi2/c1-25-31(34(52-46-25)28-16-18-29(19-17-28)48(49)50)22-55-23-32-35(53-56(8,9)40(2,3)4)36(54-57(10,11)41(5,6)7)39(51-32)47-21-30(27-14-12-26(20-42)13-15-27)33-37(43)44-24-45-38(33)47/h12-19,21,24,32,35-36,39H,22-23H2,1-11H3,(H2,43,44,45)/t32-,35-,36-,39-/m1/s1. The van der Waals surface area contributed by atoms with E-state index in [4.69, 9.17) is 28.8 Å². The molecule has 1 fully saturated rings. The third-order valence-electron chi connectivity index (χ3n) is 11.9. The minimum absolute atomic E-state index is 0.00902. The molecule has 5 aromatic rings. The molecule has 4 atom stereocenters. The molecule has 6 rings (SSSR count). The number of aromatic nitrogens is 4. The van der Waals surface area contributed by atoms with Crippen LogP contribution >= 0.6 is 11.8 Å². The zero-order valence-electron chi connectivity index (χ0n) is 34.6. The van der Waals surface area contributed by atoms with Crippen LogP contribution in [-0.4, -0.2) is 65.3 Å². The fourth-order valence-corrected chi connectivity index (χ4v) is 10.2. The van der Waals surface area contributed by atoms with Crippen molar-refractivity contribution in [3.05, 3.63) is 88.0 Å². The van der Waals surface area contributed by atoms with Crippen LogP contribution in [0.4, 0.5) is 11.5 Å². The van der Waals surface area contributed by atoms with Gasteiger partial charge in [0.15, 0.2) is 28.6 Å². The Morgan fingerprint density at radius 2 is 1.54 bits per heavy atom. The van der Waals surface area contributed by atoms with Gasteiger partial charge in [0.25, 0.3) is 5.69 Å². The second-order valence-electron chi connectivity index (χ2n) is 17.7. The van der Waals surface area contributed by atoms with E-state index in [1.807, 2.05) is 29.8 Å². The molecule has 1 aliphatic heterocycles. The van der Waals surface area contributed by atoms with Crippen molar-refractivity contribution in [1.29, 1.82) is 5.26 Å². The van der Waals surface area contributed by atoms with Gasteiger partial charge in [0.1, 0.15) is 30.0 Å². The Morgan fingerprint density at radius 1 is 0.947 bits per heavy atom. The Hall–Kier alpha value is -4.38. The summed E-state index contributed by atoms with van der Waals surface area (Å²) in [4.78, 5) is 20.0. The van der Waals surface area contributed by atoms with E-state index in [1.54, 1.807) is 36.0 Å². The van der Waals surface area contributed by atoms with Gasteiger partial charge in [-0.15, -0.1) is 0 Å². The van der Waals surface area contributed by atoms with Gasteiger partial charge >= 0.3 is 0 Å².